The number of hydrogen-bond donors (Lipinski definition) is 1. The van der Waals surface area contributed by atoms with Gasteiger partial charge in [-0.25, -0.2) is 4.68 Å². The maximum atomic E-state index is 6.33. The van der Waals surface area contributed by atoms with Gasteiger partial charge in [0.15, 0.2) is 0 Å². The maximum Gasteiger partial charge on any atom is 0.0869 e. The van der Waals surface area contributed by atoms with E-state index in [-0.39, 0.29) is 0 Å². The molecule has 2 N–H and O–H groups in total. The van der Waals surface area contributed by atoms with Crippen molar-refractivity contribution in [3.05, 3.63) is 28.3 Å². The van der Waals surface area contributed by atoms with E-state index in [9.17, 15) is 0 Å². The van der Waals surface area contributed by atoms with E-state index in [4.69, 9.17) is 17.3 Å². The first-order valence-electron chi connectivity index (χ1n) is 6.95. The third-order valence-electron chi connectivity index (χ3n) is 3.29. The molecule has 2 heterocycles. The molecule has 0 radical (unpaired) electrons. The van der Waals surface area contributed by atoms with Crippen LogP contribution in [0.5, 0.6) is 0 Å². The number of aromatic nitrogens is 5. The van der Waals surface area contributed by atoms with E-state index >= 15 is 0 Å². The van der Waals surface area contributed by atoms with Crippen LogP contribution in [0.25, 0.3) is 0 Å². The Hall–Kier alpha value is -1.40. The molecule has 0 bridgehead atoms. The predicted octanol–water partition coefficient (Wildman–Crippen LogP) is 1.56. The number of halogens is 1. The van der Waals surface area contributed by atoms with Crippen LogP contribution >= 0.6 is 11.6 Å². The Morgan fingerprint density at radius 2 is 2.15 bits per heavy atom. The fourth-order valence-corrected chi connectivity index (χ4v) is 2.48. The van der Waals surface area contributed by atoms with Gasteiger partial charge in [-0.3, -0.25) is 4.68 Å². The first-order valence-corrected chi connectivity index (χ1v) is 7.32. The van der Waals surface area contributed by atoms with Crippen LogP contribution in [0, 0.1) is 0 Å². The zero-order chi connectivity index (χ0) is 14.5. The summed E-state index contributed by atoms with van der Waals surface area (Å²) in [5.41, 5.74) is 8.36. The third kappa shape index (κ3) is 3.37. The molecule has 0 unspecified atom stereocenters. The van der Waals surface area contributed by atoms with Crippen molar-refractivity contribution >= 4 is 11.6 Å². The Bertz CT molecular complexity index is 559. The number of hydrogen-bond acceptors (Lipinski definition) is 4. The van der Waals surface area contributed by atoms with Crippen LogP contribution in [-0.4, -0.2) is 31.3 Å². The van der Waals surface area contributed by atoms with E-state index in [0.717, 1.165) is 54.3 Å². The van der Waals surface area contributed by atoms with E-state index in [0.29, 0.717) is 6.54 Å². The minimum atomic E-state index is 0.590. The zero-order valence-corrected chi connectivity index (χ0v) is 12.8. The topological polar surface area (TPSA) is 74.5 Å². The number of unbranched alkanes of at least 4 members (excludes halogenated alkanes) is 1. The number of nitrogens with zero attached hydrogens (tertiary/aromatic N) is 5. The van der Waals surface area contributed by atoms with Crippen LogP contribution < -0.4 is 5.73 Å². The van der Waals surface area contributed by atoms with E-state index in [2.05, 4.69) is 15.4 Å². The molecule has 0 fully saturated rings. The van der Waals surface area contributed by atoms with E-state index in [1.54, 1.807) is 4.68 Å². The zero-order valence-electron chi connectivity index (χ0n) is 12.0. The van der Waals surface area contributed by atoms with Crippen LogP contribution in [0.1, 0.15) is 36.8 Å². The Morgan fingerprint density at radius 3 is 2.80 bits per heavy atom. The SMILES string of the molecule is CCc1nn(C)c(Cn2cc(CCCCN)nn2)c1Cl. The molecule has 0 atom stereocenters. The quantitative estimate of drug-likeness (QED) is 0.787. The Kier molecular flexibility index (Phi) is 5.14. The van der Waals surface area contributed by atoms with Gasteiger partial charge in [0, 0.05) is 13.2 Å². The van der Waals surface area contributed by atoms with Crippen molar-refractivity contribution in [3.63, 3.8) is 0 Å². The predicted molar refractivity (Wildman–Crippen MR) is 78.7 cm³/mol. The fourth-order valence-electron chi connectivity index (χ4n) is 2.13. The van der Waals surface area contributed by atoms with E-state index in [1.165, 1.54) is 0 Å². The molecule has 0 amide bonds. The van der Waals surface area contributed by atoms with Crippen LogP contribution in [-0.2, 0) is 26.4 Å². The highest BCUT2D eigenvalue weighted by atomic mass is 35.5. The van der Waals surface area contributed by atoms with E-state index in [1.807, 2.05) is 24.9 Å². The summed E-state index contributed by atoms with van der Waals surface area (Å²) < 4.78 is 3.62. The normalized spacial score (nSPS) is 11.2. The molecule has 2 rings (SSSR count). The second-order valence-electron chi connectivity index (χ2n) is 4.84. The highest BCUT2D eigenvalue weighted by Gasteiger charge is 2.14. The molecule has 2 aromatic rings. The van der Waals surface area contributed by atoms with Crippen molar-refractivity contribution in [2.24, 2.45) is 12.8 Å². The number of rotatable bonds is 7. The molecule has 0 saturated carbocycles. The minimum absolute atomic E-state index is 0.590. The maximum absolute atomic E-state index is 6.33. The first-order chi connectivity index (χ1) is 9.65. The largest absolute Gasteiger partial charge is 0.330 e. The average Bonchev–Trinajstić information content (AvgIpc) is 2.99. The van der Waals surface area contributed by atoms with Crippen molar-refractivity contribution in [1.29, 1.82) is 0 Å². The van der Waals surface area contributed by atoms with Crippen molar-refractivity contribution in [2.45, 2.75) is 39.2 Å². The lowest BCUT2D eigenvalue weighted by molar-refractivity contribution is 0.598. The van der Waals surface area contributed by atoms with Gasteiger partial charge >= 0.3 is 0 Å². The van der Waals surface area contributed by atoms with Gasteiger partial charge < -0.3 is 5.73 Å². The minimum Gasteiger partial charge on any atom is -0.330 e. The van der Waals surface area contributed by atoms with Gasteiger partial charge in [-0.05, 0) is 32.2 Å². The standard InChI is InChI=1S/C13H21ClN6/c1-3-11-13(14)12(19(2)17-11)9-20-8-10(16-18-20)6-4-5-7-15/h8H,3-7,9,15H2,1-2H3. The number of nitrogens with two attached hydrogens (primary N) is 1. The van der Waals surface area contributed by atoms with Gasteiger partial charge in [0.1, 0.15) is 0 Å². The molecule has 0 aromatic carbocycles. The molecule has 0 aliphatic heterocycles. The summed E-state index contributed by atoms with van der Waals surface area (Å²) in [5.74, 6) is 0. The Labute approximate surface area is 123 Å². The van der Waals surface area contributed by atoms with Gasteiger partial charge in [-0.15, -0.1) is 5.10 Å². The fraction of sp³-hybridized carbons (Fsp3) is 0.615. The molecular weight excluding hydrogens is 276 g/mol. The highest BCUT2D eigenvalue weighted by molar-refractivity contribution is 6.31. The molecule has 6 nitrogen and oxygen atoms in total. The molecule has 20 heavy (non-hydrogen) atoms. The van der Waals surface area contributed by atoms with Gasteiger partial charge in [0.25, 0.3) is 0 Å². The molecule has 0 aliphatic carbocycles. The number of aryl methyl sites for hydroxylation is 3. The Balaban J connectivity index is 2.05. The summed E-state index contributed by atoms with van der Waals surface area (Å²) in [5, 5.41) is 13.4. The summed E-state index contributed by atoms with van der Waals surface area (Å²) in [4.78, 5) is 0. The van der Waals surface area contributed by atoms with Crippen molar-refractivity contribution < 1.29 is 0 Å². The lowest BCUT2D eigenvalue weighted by Crippen LogP contribution is -2.06. The van der Waals surface area contributed by atoms with Gasteiger partial charge in [0.05, 0.1) is 28.6 Å². The summed E-state index contributed by atoms with van der Waals surface area (Å²) in [7, 11) is 1.90. The highest BCUT2D eigenvalue weighted by Crippen LogP contribution is 2.21. The van der Waals surface area contributed by atoms with Gasteiger partial charge in [0.2, 0.25) is 0 Å². The van der Waals surface area contributed by atoms with Crippen LogP contribution in [0.15, 0.2) is 6.20 Å². The third-order valence-corrected chi connectivity index (χ3v) is 3.72. The Morgan fingerprint density at radius 1 is 1.35 bits per heavy atom. The van der Waals surface area contributed by atoms with Crippen molar-refractivity contribution in [2.75, 3.05) is 6.54 Å². The lowest BCUT2D eigenvalue weighted by atomic mass is 10.2. The van der Waals surface area contributed by atoms with Crippen LogP contribution in [0.3, 0.4) is 0 Å². The van der Waals surface area contributed by atoms with E-state index < -0.39 is 0 Å². The van der Waals surface area contributed by atoms with Crippen LogP contribution in [0.2, 0.25) is 5.02 Å². The molecule has 0 spiro atoms. The summed E-state index contributed by atoms with van der Waals surface area (Å²) >= 11 is 6.33. The van der Waals surface area contributed by atoms with Gasteiger partial charge in [-0.1, -0.05) is 23.7 Å². The first kappa shape index (κ1) is 15.0. The smallest absolute Gasteiger partial charge is 0.0869 e. The monoisotopic (exact) mass is 296 g/mol. The summed E-state index contributed by atoms with van der Waals surface area (Å²) in [6, 6.07) is 0. The second kappa shape index (κ2) is 6.85. The summed E-state index contributed by atoms with van der Waals surface area (Å²) in [6.07, 6.45) is 5.76. The molecule has 0 aliphatic rings. The molecular formula is C13H21ClN6. The molecule has 7 heteroatoms. The lowest BCUT2D eigenvalue weighted by Gasteiger charge is -2.02. The van der Waals surface area contributed by atoms with Crippen molar-refractivity contribution in [1.82, 2.24) is 24.8 Å². The second-order valence-corrected chi connectivity index (χ2v) is 5.22. The van der Waals surface area contributed by atoms with Gasteiger partial charge in [-0.2, -0.15) is 5.10 Å². The van der Waals surface area contributed by atoms with Crippen LogP contribution in [0.4, 0.5) is 0 Å². The molecule has 0 saturated heterocycles. The molecule has 2 aromatic heterocycles. The average molecular weight is 297 g/mol. The summed E-state index contributed by atoms with van der Waals surface area (Å²) in [6.45, 7) is 3.35. The molecule has 110 valence electrons. The van der Waals surface area contributed by atoms with Crippen molar-refractivity contribution in [3.8, 4) is 0 Å².